The molecule has 0 aliphatic carbocycles. The summed E-state index contributed by atoms with van der Waals surface area (Å²) in [4.78, 5) is 8.93. The largest absolute Gasteiger partial charge is 0.376 e. The molecule has 1 aliphatic heterocycles. The molecule has 1 aromatic heterocycles. The van der Waals surface area contributed by atoms with Crippen LogP contribution in [0, 0.1) is 0 Å². The van der Waals surface area contributed by atoms with Crippen LogP contribution < -0.4 is 10.6 Å². The molecule has 1 aliphatic rings. The van der Waals surface area contributed by atoms with Gasteiger partial charge in [0.05, 0.1) is 6.10 Å². The van der Waals surface area contributed by atoms with Crippen molar-refractivity contribution in [3.05, 3.63) is 11.9 Å². The van der Waals surface area contributed by atoms with Gasteiger partial charge in [0.25, 0.3) is 0 Å². The van der Waals surface area contributed by atoms with Gasteiger partial charge in [-0.1, -0.05) is 0 Å². The Balaban J connectivity index is 1.96. The summed E-state index contributed by atoms with van der Waals surface area (Å²) in [6.07, 6.45) is 3.82. The number of nitrogens with one attached hydrogen (secondary N) is 2. The van der Waals surface area contributed by atoms with Crippen molar-refractivity contribution < 1.29 is 9.47 Å². The van der Waals surface area contributed by atoms with Crippen LogP contribution in [0.3, 0.4) is 0 Å². The summed E-state index contributed by atoms with van der Waals surface area (Å²) in [5.74, 6) is 2.35. The van der Waals surface area contributed by atoms with Crippen LogP contribution in [-0.4, -0.2) is 42.4 Å². The molecule has 0 radical (unpaired) electrons. The van der Waals surface area contributed by atoms with Gasteiger partial charge >= 0.3 is 0 Å². The van der Waals surface area contributed by atoms with Gasteiger partial charge < -0.3 is 20.1 Å². The van der Waals surface area contributed by atoms with Crippen LogP contribution in [-0.2, 0) is 16.1 Å². The monoisotopic (exact) mass is 294 g/mol. The maximum atomic E-state index is 5.73. The lowest BCUT2D eigenvalue weighted by atomic mass is 10.1. The lowest BCUT2D eigenvalue weighted by Gasteiger charge is -2.23. The fourth-order valence-electron chi connectivity index (χ4n) is 2.30. The highest BCUT2D eigenvalue weighted by Crippen LogP contribution is 2.15. The number of hydrogen-bond donors (Lipinski definition) is 2. The second-order valence-electron chi connectivity index (χ2n) is 5.09. The van der Waals surface area contributed by atoms with Crippen molar-refractivity contribution in [3.63, 3.8) is 0 Å². The molecule has 1 fully saturated rings. The summed E-state index contributed by atoms with van der Waals surface area (Å²) in [6.45, 7) is 7.60. The Hall–Kier alpha value is -1.40. The van der Waals surface area contributed by atoms with Gasteiger partial charge in [-0.3, -0.25) is 0 Å². The van der Waals surface area contributed by atoms with E-state index in [0.717, 1.165) is 37.8 Å². The second-order valence-corrected chi connectivity index (χ2v) is 5.09. The molecule has 0 amide bonds. The van der Waals surface area contributed by atoms with E-state index in [4.69, 9.17) is 9.47 Å². The topological polar surface area (TPSA) is 68.3 Å². The summed E-state index contributed by atoms with van der Waals surface area (Å²) >= 11 is 0. The van der Waals surface area contributed by atoms with Gasteiger partial charge in [-0.15, -0.1) is 0 Å². The van der Waals surface area contributed by atoms with Gasteiger partial charge in [0.15, 0.2) is 5.82 Å². The molecule has 0 aromatic carbocycles. The minimum Gasteiger partial charge on any atom is -0.376 e. The number of nitrogens with zero attached hydrogens (tertiary/aromatic N) is 2. The fraction of sp³-hybridized carbons (Fsp3) is 0.733. The zero-order chi connectivity index (χ0) is 14.9. The predicted octanol–water partition coefficient (Wildman–Crippen LogP) is 2.43. The van der Waals surface area contributed by atoms with Crippen LogP contribution in [0.15, 0.2) is 6.07 Å². The Morgan fingerprint density at radius 2 is 2.05 bits per heavy atom. The maximum Gasteiger partial charge on any atom is 0.158 e. The molecule has 6 heteroatoms. The van der Waals surface area contributed by atoms with E-state index >= 15 is 0 Å². The van der Waals surface area contributed by atoms with Gasteiger partial charge in [-0.2, -0.15) is 0 Å². The first-order chi connectivity index (χ1) is 10.3. The molecule has 1 unspecified atom stereocenters. The summed E-state index contributed by atoms with van der Waals surface area (Å²) in [5.41, 5.74) is 0. The molecule has 2 heterocycles. The van der Waals surface area contributed by atoms with Gasteiger partial charge in [-0.25, -0.2) is 9.97 Å². The lowest BCUT2D eigenvalue weighted by Crippen LogP contribution is -2.27. The molecule has 0 bridgehead atoms. The van der Waals surface area contributed by atoms with E-state index in [1.165, 1.54) is 12.8 Å². The van der Waals surface area contributed by atoms with Crippen molar-refractivity contribution in [3.8, 4) is 0 Å². The molecule has 6 nitrogen and oxygen atoms in total. The quantitative estimate of drug-likeness (QED) is 0.767. The predicted molar refractivity (Wildman–Crippen MR) is 83.6 cm³/mol. The van der Waals surface area contributed by atoms with Crippen LogP contribution in [0.4, 0.5) is 11.6 Å². The van der Waals surface area contributed by atoms with Crippen LogP contribution in [0.5, 0.6) is 0 Å². The molecule has 1 aromatic rings. The van der Waals surface area contributed by atoms with Crippen LogP contribution in [0.25, 0.3) is 0 Å². The van der Waals surface area contributed by atoms with Gasteiger partial charge in [0.1, 0.15) is 18.2 Å². The Bertz CT molecular complexity index is 422. The summed E-state index contributed by atoms with van der Waals surface area (Å²) < 4.78 is 11.1. The van der Waals surface area contributed by atoms with Crippen molar-refractivity contribution in [1.29, 1.82) is 0 Å². The molecule has 2 N–H and O–H groups in total. The molecule has 118 valence electrons. The minimum absolute atomic E-state index is 0.284. The summed E-state index contributed by atoms with van der Waals surface area (Å²) in [7, 11) is 0. The second kappa shape index (κ2) is 8.79. The van der Waals surface area contributed by atoms with Crippen molar-refractivity contribution in [2.75, 3.05) is 36.9 Å². The van der Waals surface area contributed by atoms with E-state index in [1.54, 1.807) is 0 Å². The van der Waals surface area contributed by atoms with E-state index in [1.807, 2.05) is 19.9 Å². The number of aromatic nitrogens is 2. The van der Waals surface area contributed by atoms with E-state index < -0.39 is 0 Å². The molecule has 2 rings (SSSR count). The van der Waals surface area contributed by atoms with E-state index in [2.05, 4.69) is 20.6 Å². The standard InChI is InChI=1S/C15H26N4O2/c1-3-16-13-9-14(19-15(18-13)11-20-4-2)17-10-12-7-5-6-8-21-12/h9,12H,3-8,10-11H2,1-2H3,(H2,16,17,18,19). The van der Waals surface area contributed by atoms with Crippen molar-refractivity contribution in [2.24, 2.45) is 0 Å². The Morgan fingerprint density at radius 3 is 2.71 bits per heavy atom. The number of hydrogen-bond acceptors (Lipinski definition) is 6. The first-order valence-corrected chi connectivity index (χ1v) is 7.86. The SMILES string of the molecule is CCNc1cc(NCC2CCCCO2)nc(COCC)n1. The number of rotatable bonds is 8. The van der Waals surface area contributed by atoms with E-state index in [-0.39, 0.29) is 6.10 Å². The summed E-state index contributed by atoms with van der Waals surface area (Å²) in [6, 6.07) is 1.93. The van der Waals surface area contributed by atoms with Crippen LogP contribution in [0.1, 0.15) is 38.9 Å². The van der Waals surface area contributed by atoms with Crippen molar-refractivity contribution in [2.45, 2.75) is 45.8 Å². The molecule has 21 heavy (non-hydrogen) atoms. The highest BCUT2D eigenvalue weighted by atomic mass is 16.5. The highest BCUT2D eigenvalue weighted by molar-refractivity contribution is 5.47. The zero-order valence-corrected chi connectivity index (χ0v) is 13.0. The number of anilines is 2. The molecule has 0 saturated carbocycles. The van der Waals surface area contributed by atoms with Gasteiger partial charge in [-0.05, 0) is 33.1 Å². The third kappa shape index (κ3) is 5.47. The third-order valence-corrected chi connectivity index (χ3v) is 3.35. The molecule has 1 saturated heterocycles. The lowest BCUT2D eigenvalue weighted by molar-refractivity contribution is 0.0247. The van der Waals surface area contributed by atoms with Gasteiger partial charge in [0.2, 0.25) is 0 Å². The average molecular weight is 294 g/mol. The Labute approximate surface area is 126 Å². The minimum atomic E-state index is 0.284. The maximum absolute atomic E-state index is 5.73. The normalized spacial score (nSPS) is 18.5. The first-order valence-electron chi connectivity index (χ1n) is 7.86. The Morgan fingerprint density at radius 1 is 1.24 bits per heavy atom. The zero-order valence-electron chi connectivity index (χ0n) is 13.0. The van der Waals surface area contributed by atoms with E-state index in [9.17, 15) is 0 Å². The third-order valence-electron chi connectivity index (χ3n) is 3.35. The fourth-order valence-corrected chi connectivity index (χ4v) is 2.30. The summed E-state index contributed by atoms with van der Waals surface area (Å²) in [5, 5.41) is 6.58. The first kappa shape index (κ1) is 16.0. The van der Waals surface area contributed by atoms with Crippen LogP contribution >= 0.6 is 0 Å². The smallest absolute Gasteiger partial charge is 0.158 e. The molecule has 1 atom stereocenters. The average Bonchev–Trinajstić information content (AvgIpc) is 2.52. The highest BCUT2D eigenvalue weighted by Gasteiger charge is 2.14. The molecular weight excluding hydrogens is 268 g/mol. The van der Waals surface area contributed by atoms with Crippen molar-refractivity contribution in [1.82, 2.24) is 9.97 Å². The van der Waals surface area contributed by atoms with Gasteiger partial charge in [0, 0.05) is 32.4 Å². The molecule has 0 spiro atoms. The van der Waals surface area contributed by atoms with E-state index in [0.29, 0.717) is 19.0 Å². The Kier molecular flexibility index (Phi) is 6.69. The van der Waals surface area contributed by atoms with Crippen molar-refractivity contribution >= 4 is 11.6 Å². The van der Waals surface area contributed by atoms with Crippen LogP contribution in [0.2, 0.25) is 0 Å². The number of ether oxygens (including phenoxy) is 2. The molecular formula is C15H26N4O2.